The van der Waals surface area contributed by atoms with E-state index in [0.717, 1.165) is 5.69 Å². The van der Waals surface area contributed by atoms with Crippen molar-refractivity contribution in [1.29, 1.82) is 0 Å². The summed E-state index contributed by atoms with van der Waals surface area (Å²) < 4.78 is 16.6. The number of esters is 1. The topological polar surface area (TPSA) is 57.7 Å². The van der Waals surface area contributed by atoms with E-state index in [4.69, 9.17) is 14.0 Å². The number of hydrogen-bond acceptors (Lipinski definition) is 5. The third-order valence-corrected chi connectivity index (χ3v) is 3.89. The van der Waals surface area contributed by atoms with Crippen molar-refractivity contribution in [1.82, 2.24) is 4.98 Å². The SMILES string of the molecule is COC(=O)c1cc(C)nc(B2OC(C)(C)C(C)(C)O2)c1. The summed E-state index contributed by atoms with van der Waals surface area (Å²) in [6, 6.07) is 3.33. The summed E-state index contributed by atoms with van der Waals surface area (Å²) in [4.78, 5) is 16.1. The van der Waals surface area contributed by atoms with Crippen LogP contribution in [0.1, 0.15) is 43.7 Å². The second kappa shape index (κ2) is 4.86. The maximum atomic E-state index is 11.7. The molecule has 0 atom stereocenters. The quantitative estimate of drug-likeness (QED) is 0.605. The standard InChI is InChI=1S/C14H20BNO4/c1-9-7-10(12(17)18-6)8-11(16-9)15-19-13(2,3)14(4,5)20-15/h7-8H,1-6H3. The fraction of sp³-hybridized carbons (Fsp3) is 0.571. The van der Waals surface area contributed by atoms with Gasteiger partial charge in [0.2, 0.25) is 0 Å². The highest BCUT2D eigenvalue weighted by Crippen LogP contribution is 2.36. The first kappa shape index (κ1) is 15.0. The minimum Gasteiger partial charge on any atom is -0.465 e. The molecule has 20 heavy (non-hydrogen) atoms. The van der Waals surface area contributed by atoms with Gasteiger partial charge in [0, 0.05) is 5.69 Å². The lowest BCUT2D eigenvalue weighted by atomic mass is 9.83. The molecule has 1 aromatic rings. The van der Waals surface area contributed by atoms with Gasteiger partial charge in [0.1, 0.15) is 0 Å². The zero-order chi connectivity index (χ0) is 15.1. The number of ether oxygens (including phenoxy) is 1. The largest absolute Gasteiger partial charge is 0.514 e. The van der Waals surface area contributed by atoms with Crippen LogP contribution in [0.4, 0.5) is 0 Å². The van der Waals surface area contributed by atoms with Crippen LogP contribution in [0.15, 0.2) is 12.1 Å². The monoisotopic (exact) mass is 277 g/mol. The Morgan fingerprint density at radius 2 is 1.75 bits per heavy atom. The van der Waals surface area contributed by atoms with Crippen molar-refractivity contribution in [2.75, 3.05) is 7.11 Å². The van der Waals surface area contributed by atoms with Crippen molar-refractivity contribution in [2.24, 2.45) is 0 Å². The van der Waals surface area contributed by atoms with Crippen LogP contribution in [0.2, 0.25) is 0 Å². The van der Waals surface area contributed by atoms with Crippen molar-refractivity contribution in [2.45, 2.75) is 45.8 Å². The number of pyridine rings is 1. The van der Waals surface area contributed by atoms with Gasteiger partial charge in [-0.15, -0.1) is 0 Å². The maximum Gasteiger partial charge on any atom is 0.514 e. The Balaban J connectivity index is 2.35. The molecule has 1 saturated heterocycles. The highest BCUT2D eigenvalue weighted by Gasteiger charge is 2.52. The lowest BCUT2D eigenvalue weighted by Crippen LogP contribution is -2.41. The third-order valence-electron chi connectivity index (χ3n) is 3.89. The summed E-state index contributed by atoms with van der Waals surface area (Å²) in [6.07, 6.45) is 0. The minimum atomic E-state index is -0.580. The minimum absolute atomic E-state index is 0.395. The third kappa shape index (κ3) is 2.58. The second-order valence-corrected chi connectivity index (χ2v) is 6.00. The zero-order valence-corrected chi connectivity index (χ0v) is 12.8. The van der Waals surface area contributed by atoms with E-state index in [2.05, 4.69) is 4.98 Å². The van der Waals surface area contributed by atoms with E-state index in [1.165, 1.54) is 7.11 Å². The summed E-state index contributed by atoms with van der Waals surface area (Å²) in [6.45, 7) is 9.73. The molecule has 2 heterocycles. The van der Waals surface area contributed by atoms with E-state index in [0.29, 0.717) is 11.2 Å². The van der Waals surface area contributed by atoms with Crippen molar-refractivity contribution < 1.29 is 18.8 Å². The van der Waals surface area contributed by atoms with Crippen LogP contribution >= 0.6 is 0 Å². The Kier molecular flexibility index (Phi) is 3.65. The van der Waals surface area contributed by atoms with Gasteiger partial charge in [0.15, 0.2) is 0 Å². The smallest absolute Gasteiger partial charge is 0.465 e. The second-order valence-electron chi connectivity index (χ2n) is 6.00. The molecular formula is C14H20BNO4. The van der Waals surface area contributed by atoms with Gasteiger partial charge < -0.3 is 14.0 Å². The summed E-state index contributed by atoms with van der Waals surface area (Å²) >= 11 is 0. The van der Waals surface area contributed by atoms with E-state index in [1.54, 1.807) is 12.1 Å². The molecule has 6 heteroatoms. The Labute approximate surface area is 119 Å². The van der Waals surface area contributed by atoms with Gasteiger partial charge in [-0.2, -0.15) is 0 Å². The molecular weight excluding hydrogens is 257 g/mol. The molecule has 0 aliphatic carbocycles. The van der Waals surface area contributed by atoms with Gasteiger partial charge in [-0.3, -0.25) is 4.98 Å². The highest BCUT2D eigenvalue weighted by atomic mass is 16.7. The summed E-state index contributed by atoms with van der Waals surface area (Å²) in [7, 11) is 0.773. The molecule has 0 spiro atoms. The summed E-state index contributed by atoms with van der Waals surface area (Å²) in [5.74, 6) is -0.395. The summed E-state index contributed by atoms with van der Waals surface area (Å²) in [5, 5.41) is 0. The van der Waals surface area contributed by atoms with Gasteiger partial charge in [-0.05, 0) is 46.8 Å². The molecule has 2 rings (SSSR count). The van der Waals surface area contributed by atoms with Crippen LogP contribution in [0.3, 0.4) is 0 Å². The van der Waals surface area contributed by atoms with Gasteiger partial charge in [0.25, 0.3) is 0 Å². The molecule has 5 nitrogen and oxygen atoms in total. The first-order valence-corrected chi connectivity index (χ1v) is 6.59. The predicted molar refractivity (Wildman–Crippen MR) is 76.0 cm³/mol. The molecule has 1 aliphatic heterocycles. The van der Waals surface area contributed by atoms with Crippen LogP contribution in [0, 0.1) is 6.92 Å². The molecule has 1 aromatic heterocycles. The maximum absolute atomic E-state index is 11.7. The van der Waals surface area contributed by atoms with Crippen molar-refractivity contribution in [3.05, 3.63) is 23.4 Å². The number of aromatic nitrogens is 1. The highest BCUT2D eigenvalue weighted by molar-refractivity contribution is 6.61. The van der Waals surface area contributed by atoms with Crippen LogP contribution in [-0.2, 0) is 14.0 Å². The lowest BCUT2D eigenvalue weighted by molar-refractivity contribution is 0.00578. The molecule has 1 fully saturated rings. The molecule has 108 valence electrons. The van der Waals surface area contributed by atoms with Crippen LogP contribution in [-0.4, -0.2) is 36.4 Å². The van der Waals surface area contributed by atoms with E-state index >= 15 is 0 Å². The number of methoxy groups -OCH3 is 1. The number of aryl methyl sites for hydroxylation is 1. The number of carbonyl (C=O) groups excluding carboxylic acids is 1. The van der Waals surface area contributed by atoms with Gasteiger partial charge in [-0.1, -0.05) is 0 Å². The lowest BCUT2D eigenvalue weighted by Gasteiger charge is -2.32. The number of carbonyl (C=O) groups is 1. The average molecular weight is 277 g/mol. The number of nitrogens with zero attached hydrogens (tertiary/aromatic N) is 1. The number of hydrogen-bond donors (Lipinski definition) is 0. The molecule has 0 amide bonds. The molecule has 0 unspecified atom stereocenters. The predicted octanol–water partition coefficient (Wildman–Crippen LogP) is 1.48. The molecule has 0 bridgehead atoms. The molecule has 0 aromatic carbocycles. The molecule has 0 saturated carbocycles. The average Bonchev–Trinajstić information content (AvgIpc) is 2.57. The fourth-order valence-electron chi connectivity index (χ4n) is 2.01. The number of rotatable bonds is 2. The Hall–Kier alpha value is -1.40. The van der Waals surface area contributed by atoms with Gasteiger partial charge in [-0.25, -0.2) is 4.79 Å². The normalized spacial score (nSPS) is 20.0. The van der Waals surface area contributed by atoms with Gasteiger partial charge in [0.05, 0.1) is 29.5 Å². The van der Waals surface area contributed by atoms with Crippen molar-refractivity contribution >= 4 is 18.7 Å². The fourth-order valence-corrected chi connectivity index (χ4v) is 2.01. The first-order chi connectivity index (χ1) is 9.16. The van der Waals surface area contributed by atoms with E-state index in [-0.39, 0.29) is 0 Å². The zero-order valence-electron chi connectivity index (χ0n) is 12.8. The van der Waals surface area contributed by atoms with E-state index in [9.17, 15) is 4.79 Å². The first-order valence-electron chi connectivity index (χ1n) is 6.59. The van der Waals surface area contributed by atoms with Crippen LogP contribution < -0.4 is 5.59 Å². The van der Waals surface area contributed by atoms with Crippen molar-refractivity contribution in [3.63, 3.8) is 0 Å². The Morgan fingerprint density at radius 3 is 2.25 bits per heavy atom. The molecule has 1 aliphatic rings. The van der Waals surface area contributed by atoms with Crippen LogP contribution in [0.5, 0.6) is 0 Å². The molecule has 0 N–H and O–H groups in total. The van der Waals surface area contributed by atoms with Gasteiger partial charge >= 0.3 is 13.1 Å². The Morgan fingerprint density at radius 1 is 1.20 bits per heavy atom. The van der Waals surface area contributed by atoms with E-state index in [1.807, 2.05) is 34.6 Å². The van der Waals surface area contributed by atoms with Crippen LogP contribution in [0.25, 0.3) is 0 Å². The molecule has 0 radical (unpaired) electrons. The van der Waals surface area contributed by atoms with E-state index < -0.39 is 24.3 Å². The van der Waals surface area contributed by atoms with Crippen molar-refractivity contribution in [3.8, 4) is 0 Å². The summed E-state index contributed by atoms with van der Waals surface area (Å²) in [5.41, 5.74) is 0.884. The Bertz CT molecular complexity index is 526.